The van der Waals surface area contributed by atoms with Crippen molar-refractivity contribution in [2.45, 2.75) is 26.8 Å². The lowest BCUT2D eigenvalue weighted by atomic mass is 10.0. The van der Waals surface area contributed by atoms with E-state index >= 15 is 0 Å². The van der Waals surface area contributed by atoms with Crippen LogP contribution in [0.5, 0.6) is 0 Å². The number of nitrogens with zero attached hydrogens (tertiary/aromatic N) is 4. The molecular formula is C15H17N5O2. The molecule has 2 N–H and O–H groups in total. The molecule has 0 bridgehead atoms. The summed E-state index contributed by atoms with van der Waals surface area (Å²) < 4.78 is 1.63. The van der Waals surface area contributed by atoms with Gasteiger partial charge in [0, 0.05) is 10.8 Å². The van der Waals surface area contributed by atoms with Crippen LogP contribution < -0.4 is 5.32 Å². The van der Waals surface area contributed by atoms with Crippen molar-refractivity contribution >= 4 is 28.2 Å². The second kappa shape index (κ2) is 5.25. The molecule has 114 valence electrons. The third-order valence-electron chi connectivity index (χ3n) is 3.64. The van der Waals surface area contributed by atoms with Gasteiger partial charge in [-0.2, -0.15) is 4.52 Å². The molecule has 2 heterocycles. The van der Waals surface area contributed by atoms with Gasteiger partial charge in [-0.05, 0) is 12.8 Å². The zero-order valence-electron chi connectivity index (χ0n) is 12.6. The molecule has 3 aromatic rings. The summed E-state index contributed by atoms with van der Waals surface area (Å²) >= 11 is 0. The van der Waals surface area contributed by atoms with Crippen molar-refractivity contribution in [3.63, 3.8) is 0 Å². The number of aryl methyl sites for hydroxylation is 1. The molecule has 0 amide bonds. The molecule has 0 radical (unpaired) electrons. The Hall–Kier alpha value is -2.70. The van der Waals surface area contributed by atoms with Gasteiger partial charge in [-0.25, -0.2) is 4.79 Å². The Bertz CT molecular complexity index is 856. The molecular weight excluding hydrogens is 282 g/mol. The van der Waals surface area contributed by atoms with Gasteiger partial charge in [0.25, 0.3) is 0 Å². The first kappa shape index (κ1) is 14.2. The average molecular weight is 299 g/mol. The number of carbonyl (C=O) groups is 1. The van der Waals surface area contributed by atoms with Crippen LogP contribution in [0.2, 0.25) is 0 Å². The van der Waals surface area contributed by atoms with Crippen LogP contribution in [-0.4, -0.2) is 36.9 Å². The number of carboxylic acids is 1. The van der Waals surface area contributed by atoms with Gasteiger partial charge in [0.05, 0.1) is 0 Å². The summed E-state index contributed by atoms with van der Waals surface area (Å²) in [5, 5.41) is 26.8. The van der Waals surface area contributed by atoms with Gasteiger partial charge in [0.1, 0.15) is 6.04 Å². The SMILES string of the molecule is Cc1nnc2c3ccccc3c(N[C@@H](C(=O)O)C(C)C)nn12. The molecule has 7 heteroatoms. The number of rotatable bonds is 4. The van der Waals surface area contributed by atoms with Crippen molar-refractivity contribution in [2.24, 2.45) is 5.92 Å². The van der Waals surface area contributed by atoms with Gasteiger partial charge in [-0.3, -0.25) is 0 Å². The van der Waals surface area contributed by atoms with Crippen LogP contribution in [0.15, 0.2) is 24.3 Å². The highest BCUT2D eigenvalue weighted by Gasteiger charge is 2.23. The van der Waals surface area contributed by atoms with Crippen LogP contribution in [-0.2, 0) is 4.79 Å². The summed E-state index contributed by atoms with van der Waals surface area (Å²) in [7, 11) is 0. The number of aliphatic carboxylic acids is 1. The quantitative estimate of drug-likeness (QED) is 0.766. The Labute approximate surface area is 127 Å². The summed E-state index contributed by atoms with van der Waals surface area (Å²) in [5.74, 6) is 0.199. The molecule has 0 aliphatic carbocycles. The molecule has 0 fully saturated rings. The minimum absolute atomic E-state index is 0.0734. The molecule has 0 spiro atoms. The summed E-state index contributed by atoms with van der Waals surface area (Å²) in [6, 6.07) is 6.91. The van der Waals surface area contributed by atoms with Crippen molar-refractivity contribution in [1.82, 2.24) is 19.8 Å². The third kappa shape index (κ3) is 2.24. The Morgan fingerprint density at radius 2 is 1.91 bits per heavy atom. The molecule has 0 aliphatic rings. The van der Waals surface area contributed by atoms with Crippen LogP contribution in [0.3, 0.4) is 0 Å². The first-order chi connectivity index (χ1) is 10.5. The zero-order valence-corrected chi connectivity index (χ0v) is 12.6. The monoisotopic (exact) mass is 299 g/mol. The molecule has 0 aliphatic heterocycles. The van der Waals surface area contributed by atoms with E-state index in [1.165, 1.54) is 0 Å². The summed E-state index contributed by atoms with van der Waals surface area (Å²) in [6.07, 6.45) is 0. The second-order valence-electron chi connectivity index (χ2n) is 5.58. The van der Waals surface area contributed by atoms with Gasteiger partial charge >= 0.3 is 5.97 Å². The maximum atomic E-state index is 11.4. The molecule has 1 aromatic carbocycles. The van der Waals surface area contributed by atoms with Gasteiger partial charge in [-0.1, -0.05) is 38.1 Å². The first-order valence-electron chi connectivity index (χ1n) is 7.09. The van der Waals surface area contributed by atoms with E-state index in [4.69, 9.17) is 0 Å². The Morgan fingerprint density at radius 1 is 1.23 bits per heavy atom. The van der Waals surface area contributed by atoms with Crippen molar-refractivity contribution < 1.29 is 9.90 Å². The number of anilines is 1. The fraction of sp³-hybridized carbons (Fsp3) is 0.333. The van der Waals surface area contributed by atoms with Crippen molar-refractivity contribution in [2.75, 3.05) is 5.32 Å². The van der Waals surface area contributed by atoms with Crippen LogP contribution in [0.1, 0.15) is 19.7 Å². The van der Waals surface area contributed by atoms with Gasteiger partial charge in [0.2, 0.25) is 0 Å². The number of aromatic nitrogens is 4. The van der Waals surface area contributed by atoms with Gasteiger partial charge in [0.15, 0.2) is 17.3 Å². The minimum Gasteiger partial charge on any atom is -0.480 e. The fourth-order valence-electron chi connectivity index (χ4n) is 2.45. The number of fused-ring (bicyclic) bond motifs is 3. The summed E-state index contributed by atoms with van der Waals surface area (Å²) in [6.45, 7) is 5.52. The van der Waals surface area contributed by atoms with E-state index in [0.717, 1.165) is 10.8 Å². The van der Waals surface area contributed by atoms with Crippen molar-refractivity contribution in [3.8, 4) is 0 Å². The Kier molecular flexibility index (Phi) is 3.40. The number of carboxylic acid groups (broad SMARTS) is 1. The van der Waals surface area contributed by atoms with E-state index in [1.807, 2.05) is 45.0 Å². The van der Waals surface area contributed by atoms with Gasteiger partial charge < -0.3 is 10.4 Å². The molecule has 22 heavy (non-hydrogen) atoms. The van der Waals surface area contributed by atoms with Crippen LogP contribution in [0.25, 0.3) is 16.4 Å². The molecule has 7 nitrogen and oxygen atoms in total. The lowest BCUT2D eigenvalue weighted by Crippen LogP contribution is -2.34. The fourth-order valence-corrected chi connectivity index (χ4v) is 2.45. The lowest BCUT2D eigenvalue weighted by Gasteiger charge is -2.19. The maximum Gasteiger partial charge on any atom is 0.326 e. The zero-order chi connectivity index (χ0) is 15.9. The predicted molar refractivity (Wildman–Crippen MR) is 82.9 cm³/mol. The minimum atomic E-state index is -0.901. The lowest BCUT2D eigenvalue weighted by molar-refractivity contribution is -0.138. The highest BCUT2D eigenvalue weighted by molar-refractivity contribution is 6.00. The van der Waals surface area contributed by atoms with E-state index < -0.39 is 12.0 Å². The highest BCUT2D eigenvalue weighted by atomic mass is 16.4. The number of hydrogen-bond acceptors (Lipinski definition) is 5. The molecule has 0 unspecified atom stereocenters. The van der Waals surface area contributed by atoms with E-state index in [9.17, 15) is 9.90 Å². The third-order valence-corrected chi connectivity index (χ3v) is 3.64. The van der Waals surface area contributed by atoms with E-state index in [1.54, 1.807) is 4.52 Å². The Morgan fingerprint density at radius 3 is 2.55 bits per heavy atom. The smallest absolute Gasteiger partial charge is 0.326 e. The molecule has 0 saturated heterocycles. The second-order valence-corrected chi connectivity index (χ2v) is 5.58. The summed E-state index contributed by atoms with van der Waals surface area (Å²) in [5.41, 5.74) is 0.662. The van der Waals surface area contributed by atoms with Crippen LogP contribution >= 0.6 is 0 Å². The van der Waals surface area contributed by atoms with Crippen LogP contribution in [0, 0.1) is 12.8 Å². The summed E-state index contributed by atoms with van der Waals surface area (Å²) in [4.78, 5) is 11.4. The number of nitrogens with one attached hydrogen (secondary N) is 1. The topological polar surface area (TPSA) is 92.4 Å². The molecule has 3 rings (SSSR count). The molecule has 2 aromatic heterocycles. The predicted octanol–water partition coefficient (Wildman–Crippen LogP) is 2.11. The van der Waals surface area contributed by atoms with Crippen molar-refractivity contribution in [1.29, 1.82) is 0 Å². The maximum absolute atomic E-state index is 11.4. The van der Waals surface area contributed by atoms with Crippen LogP contribution in [0.4, 0.5) is 5.82 Å². The average Bonchev–Trinajstić information content (AvgIpc) is 2.85. The number of hydrogen-bond donors (Lipinski definition) is 2. The van der Waals surface area contributed by atoms with E-state index in [2.05, 4.69) is 20.6 Å². The van der Waals surface area contributed by atoms with Crippen molar-refractivity contribution in [3.05, 3.63) is 30.1 Å². The highest BCUT2D eigenvalue weighted by Crippen LogP contribution is 2.25. The standard InChI is InChI=1S/C15H17N5O2/c1-8(2)12(15(21)22)16-13-10-6-4-5-7-11(10)14-18-17-9(3)20(14)19-13/h4-8,12H,1-3H3,(H,16,19)(H,21,22)/t12-/m1/s1. The van der Waals surface area contributed by atoms with E-state index in [0.29, 0.717) is 17.3 Å². The largest absolute Gasteiger partial charge is 0.480 e. The van der Waals surface area contributed by atoms with E-state index in [-0.39, 0.29) is 5.92 Å². The number of benzene rings is 1. The normalized spacial score (nSPS) is 12.9. The molecule has 1 atom stereocenters. The van der Waals surface area contributed by atoms with Gasteiger partial charge in [-0.15, -0.1) is 15.3 Å². The Balaban J connectivity index is 2.22. The molecule has 0 saturated carbocycles. The first-order valence-corrected chi connectivity index (χ1v) is 7.09.